The highest BCUT2D eigenvalue weighted by molar-refractivity contribution is 8.00. The summed E-state index contributed by atoms with van der Waals surface area (Å²) in [6, 6.07) is 7.30. The topological polar surface area (TPSA) is 51.1 Å². The molecule has 1 aliphatic rings. The third-order valence-electron chi connectivity index (χ3n) is 5.58. The van der Waals surface area contributed by atoms with Crippen LogP contribution in [0.25, 0.3) is 10.9 Å². The average Bonchev–Trinajstić information content (AvgIpc) is 2.61. The number of benzene rings is 1. The van der Waals surface area contributed by atoms with E-state index in [-0.39, 0.29) is 17.5 Å². The predicted octanol–water partition coefficient (Wildman–Crippen LogP) is 4.22. The van der Waals surface area contributed by atoms with Crippen LogP contribution in [0.5, 0.6) is 0 Å². The number of nitrogens with zero attached hydrogens (tertiary/aromatic N) is 1. The van der Waals surface area contributed by atoms with Gasteiger partial charge in [0, 0.05) is 34.5 Å². The zero-order valence-electron chi connectivity index (χ0n) is 15.4. The molecule has 3 atom stereocenters. The fourth-order valence-electron chi connectivity index (χ4n) is 3.70. The first-order valence-electron chi connectivity index (χ1n) is 9.08. The highest BCUT2D eigenvalue weighted by atomic mass is 35.5. The summed E-state index contributed by atoms with van der Waals surface area (Å²) in [7, 11) is 1.74. The maximum atomic E-state index is 12.5. The van der Waals surface area contributed by atoms with Crippen LogP contribution in [0.1, 0.15) is 33.1 Å². The van der Waals surface area contributed by atoms with E-state index in [0.29, 0.717) is 22.6 Å². The highest BCUT2D eigenvalue weighted by Crippen LogP contribution is 2.31. The van der Waals surface area contributed by atoms with Crippen LogP contribution in [-0.4, -0.2) is 22.3 Å². The van der Waals surface area contributed by atoms with Crippen LogP contribution in [0.2, 0.25) is 5.02 Å². The number of halogens is 1. The quantitative estimate of drug-likeness (QED) is 0.792. The number of aromatic nitrogens is 1. The number of aryl methyl sites for hydroxylation is 1. The van der Waals surface area contributed by atoms with Crippen molar-refractivity contribution in [2.75, 3.05) is 5.75 Å². The third kappa shape index (κ3) is 4.09. The van der Waals surface area contributed by atoms with Crippen molar-refractivity contribution in [3.8, 4) is 0 Å². The van der Waals surface area contributed by atoms with Gasteiger partial charge in [-0.25, -0.2) is 0 Å². The van der Waals surface area contributed by atoms with Crippen LogP contribution < -0.4 is 10.9 Å². The summed E-state index contributed by atoms with van der Waals surface area (Å²) < 4.78 is 1.60. The van der Waals surface area contributed by atoms with Crippen molar-refractivity contribution in [1.82, 2.24) is 9.88 Å². The molecule has 3 rings (SSSR count). The van der Waals surface area contributed by atoms with Crippen molar-refractivity contribution in [2.45, 2.75) is 44.0 Å². The lowest BCUT2D eigenvalue weighted by molar-refractivity contribution is -0.119. The van der Waals surface area contributed by atoms with Crippen molar-refractivity contribution in [3.63, 3.8) is 0 Å². The molecule has 140 valence electrons. The van der Waals surface area contributed by atoms with E-state index >= 15 is 0 Å². The smallest absolute Gasteiger partial charge is 0.251 e. The SMILES string of the molecule is C[C@H]1[C@H](C)CCC[C@H]1NC(=O)CSc1cc(=O)n(C)c2ccc(Cl)cc12. The molecule has 1 N–H and O–H groups in total. The van der Waals surface area contributed by atoms with Crippen molar-refractivity contribution < 1.29 is 4.79 Å². The van der Waals surface area contributed by atoms with Gasteiger partial charge in [-0.05, 0) is 36.5 Å². The molecular formula is C20H25ClN2O2S. The Hall–Kier alpha value is -1.46. The molecule has 0 saturated heterocycles. The maximum absolute atomic E-state index is 12.5. The van der Waals surface area contributed by atoms with Gasteiger partial charge in [-0.2, -0.15) is 0 Å². The Morgan fingerprint density at radius 3 is 2.85 bits per heavy atom. The van der Waals surface area contributed by atoms with E-state index < -0.39 is 0 Å². The highest BCUT2D eigenvalue weighted by Gasteiger charge is 2.28. The number of nitrogens with one attached hydrogen (secondary N) is 1. The van der Waals surface area contributed by atoms with Crippen LogP contribution in [0.3, 0.4) is 0 Å². The lowest BCUT2D eigenvalue weighted by Gasteiger charge is -2.34. The molecule has 6 heteroatoms. The molecule has 4 nitrogen and oxygen atoms in total. The van der Waals surface area contributed by atoms with E-state index in [1.807, 2.05) is 12.1 Å². The Morgan fingerprint density at radius 1 is 1.31 bits per heavy atom. The molecule has 1 aliphatic carbocycles. The van der Waals surface area contributed by atoms with Gasteiger partial charge in [-0.3, -0.25) is 9.59 Å². The van der Waals surface area contributed by atoms with Gasteiger partial charge in [-0.15, -0.1) is 11.8 Å². The summed E-state index contributed by atoms with van der Waals surface area (Å²) >= 11 is 7.52. The summed E-state index contributed by atoms with van der Waals surface area (Å²) in [5.74, 6) is 1.47. The number of hydrogen-bond acceptors (Lipinski definition) is 3. The van der Waals surface area contributed by atoms with Crippen molar-refractivity contribution in [1.29, 1.82) is 0 Å². The zero-order chi connectivity index (χ0) is 18.8. The van der Waals surface area contributed by atoms with Gasteiger partial charge in [0.1, 0.15) is 0 Å². The largest absolute Gasteiger partial charge is 0.352 e. The van der Waals surface area contributed by atoms with E-state index in [2.05, 4.69) is 19.2 Å². The number of carbonyl (C=O) groups excluding carboxylic acids is 1. The Morgan fingerprint density at radius 2 is 2.08 bits per heavy atom. The fraction of sp³-hybridized carbons (Fsp3) is 0.500. The second-order valence-electron chi connectivity index (χ2n) is 7.30. The third-order valence-corrected chi connectivity index (χ3v) is 6.87. The molecular weight excluding hydrogens is 368 g/mol. The van der Waals surface area contributed by atoms with Crippen LogP contribution >= 0.6 is 23.4 Å². The number of pyridine rings is 1. The Kier molecular flexibility index (Phi) is 5.98. The van der Waals surface area contributed by atoms with Gasteiger partial charge in [0.25, 0.3) is 5.56 Å². The standard InChI is InChI=1S/C20H25ClN2O2S/c1-12-5-4-6-16(13(12)2)22-19(24)11-26-18-10-20(25)23(3)17-8-7-14(21)9-15(17)18/h7-10,12-13,16H,4-6,11H2,1-3H3,(H,22,24)/t12-,13+,16-/m1/s1. The first-order valence-corrected chi connectivity index (χ1v) is 10.4. The summed E-state index contributed by atoms with van der Waals surface area (Å²) in [6.07, 6.45) is 3.45. The molecule has 0 aliphatic heterocycles. The van der Waals surface area contributed by atoms with Crippen LogP contribution in [0.4, 0.5) is 0 Å². The first-order chi connectivity index (χ1) is 12.4. The van der Waals surface area contributed by atoms with Gasteiger partial charge < -0.3 is 9.88 Å². The number of amides is 1. The lowest BCUT2D eigenvalue weighted by atomic mass is 9.78. The summed E-state index contributed by atoms with van der Waals surface area (Å²) in [5, 5.41) is 4.70. The van der Waals surface area contributed by atoms with E-state index in [1.165, 1.54) is 24.6 Å². The summed E-state index contributed by atoms with van der Waals surface area (Å²) in [4.78, 5) is 25.4. The van der Waals surface area contributed by atoms with Crippen LogP contribution in [0.15, 0.2) is 34.0 Å². The molecule has 1 fully saturated rings. The molecule has 1 heterocycles. The van der Waals surface area contributed by atoms with Gasteiger partial charge in [0.15, 0.2) is 0 Å². The summed E-state index contributed by atoms with van der Waals surface area (Å²) in [6.45, 7) is 4.48. The number of rotatable bonds is 4. The van der Waals surface area contributed by atoms with Gasteiger partial charge in [0.2, 0.25) is 5.91 Å². The molecule has 1 amide bonds. The Bertz CT molecular complexity index is 880. The van der Waals surface area contributed by atoms with Gasteiger partial charge in [-0.1, -0.05) is 38.3 Å². The van der Waals surface area contributed by atoms with E-state index in [9.17, 15) is 9.59 Å². The van der Waals surface area contributed by atoms with Gasteiger partial charge in [0.05, 0.1) is 11.3 Å². The maximum Gasteiger partial charge on any atom is 0.251 e. The number of carbonyl (C=O) groups is 1. The van der Waals surface area contributed by atoms with Crippen LogP contribution in [0, 0.1) is 11.8 Å². The fourth-order valence-corrected chi connectivity index (χ4v) is 4.75. The molecule has 0 bridgehead atoms. The molecule has 1 aromatic heterocycles. The minimum absolute atomic E-state index is 0.0248. The second kappa shape index (κ2) is 8.05. The molecule has 1 saturated carbocycles. The molecule has 2 aromatic rings. The van der Waals surface area contributed by atoms with E-state index in [1.54, 1.807) is 23.7 Å². The van der Waals surface area contributed by atoms with E-state index in [4.69, 9.17) is 11.6 Å². The van der Waals surface area contributed by atoms with Gasteiger partial charge >= 0.3 is 0 Å². The minimum Gasteiger partial charge on any atom is -0.352 e. The van der Waals surface area contributed by atoms with Crippen LogP contribution in [-0.2, 0) is 11.8 Å². The first kappa shape index (κ1) is 19.3. The minimum atomic E-state index is -0.0857. The van der Waals surface area contributed by atoms with Crippen molar-refractivity contribution in [2.24, 2.45) is 18.9 Å². The molecule has 1 aromatic carbocycles. The normalized spacial score (nSPS) is 23.2. The zero-order valence-corrected chi connectivity index (χ0v) is 17.0. The number of hydrogen-bond donors (Lipinski definition) is 1. The Balaban J connectivity index is 1.73. The second-order valence-corrected chi connectivity index (χ2v) is 8.75. The van der Waals surface area contributed by atoms with Crippen molar-refractivity contribution >= 4 is 40.2 Å². The Labute approximate surface area is 163 Å². The predicted molar refractivity (Wildman–Crippen MR) is 109 cm³/mol. The van der Waals surface area contributed by atoms with Crippen molar-refractivity contribution in [3.05, 3.63) is 39.6 Å². The monoisotopic (exact) mass is 392 g/mol. The number of fused-ring (bicyclic) bond motifs is 1. The van der Waals surface area contributed by atoms with E-state index in [0.717, 1.165) is 22.2 Å². The molecule has 0 radical (unpaired) electrons. The number of thioether (sulfide) groups is 1. The summed E-state index contributed by atoms with van der Waals surface area (Å²) in [5.41, 5.74) is 0.733. The molecule has 0 unspecified atom stereocenters. The molecule has 26 heavy (non-hydrogen) atoms. The average molecular weight is 393 g/mol. The molecule has 0 spiro atoms. The lowest BCUT2D eigenvalue weighted by Crippen LogP contribution is -2.44.